The second-order valence-electron chi connectivity index (χ2n) is 1.33. The molecule has 4 heteroatoms. The molecule has 0 spiro atoms. The zero-order valence-corrected chi connectivity index (χ0v) is 9.75. The van der Waals surface area contributed by atoms with Crippen molar-refractivity contribution in [3.05, 3.63) is 0 Å². The van der Waals surface area contributed by atoms with E-state index in [1.54, 1.807) is 0 Å². The number of rotatable bonds is 3. The maximum atomic E-state index is 3.44. The average Bonchev–Trinajstić information content (AvgIpc) is 1.72. The van der Waals surface area contributed by atoms with Crippen molar-refractivity contribution in [2.75, 3.05) is 12.6 Å². The second kappa shape index (κ2) is 6.10. The maximum Gasteiger partial charge on any atom is 0.301 e. The van der Waals surface area contributed by atoms with Gasteiger partial charge in [-0.05, 0) is 12.6 Å². The van der Waals surface area contributed by atoms with E-state index in [1.165, 1.54) is 12.6 Å². The van der Waals surface area contributed by atoms with Crippen molar-refractivity contribution in [3.63, 3.8) is 0 Å². The normalized spacial score (nSPS) is 9.00. The van der Waals surface area contributed by atoms with Gasteiger partial charge in [-0.1, -0.05) is 0 Å². The molecule has 0 heterocycles. The fourth-order valence-electron chi connectivity index (χ4n) is 0.124. The average molecular weight is 309 g/mol. The molecule has 7 heavy (non-hydrogen) atoms. The Labute approximate surface area is 73.8 Å². The molecule has 0 unspecified atom stereocenters. The van der Waals surface area contributed by atoms with E-state index >= 15 is 0 Å². The molecule has 0 atom stereocenters. The van der Waals surface area contributed by atoms with Gasteiger partial charge in [0, 0.05) is 0 Å². The summed E-state index contributed by atoms with van der Waals surface area (Å²) in [6, 6.07) is 0. The van der Waals surface area contributed by atoms with Gasteiger partial charge in [-0.3, -0.25) is 0 Å². The lowest BCUT2D eigenvalue weighted by atomic mass is 11.8. The minimum absolute atomic E-state index is 0.421. The van der Waals surface area contributed by atoms with Gasteiger partial charge in [0.05, 0.1) is 0 Å². The van der Waals surface area contributed by atoms with Crippen molar-refractivity contribution in [2.24, 2.45) is 0 Å². The van der Waals surface area contributed by atoms with Gasteiger partial charge in [-0.25, -0.2) is 0 Å². The van der Waals surface area contributed by atoms with E-state index < -0.39 is 14.1 Å². The molecule has 0 bridgehead atoms. The summed E-state index contributed by atoms with van der Waals surface area (Å²) >= 11 is 9.89. The smallest absolute Gasteiger partial charge is 0.109 e. The summed E-state index contributed by atoms with van der Waals surface area (Å²) in [5.74, 6) is 0. The van der Waals surface area contributed by atoms with E-state index in [1.807, 2.05) is 0 Å². The van der Waals surface area contributed by atoms with E-state index in [9.17, 15) is 0 Å². The first kappa shape index (κ1) is 8.97. The van der Waals surface area contributed by atoms with E-state index in [-0.39, 0.29) is 0 Å². The molecule has 0 aliphatic rings. The van der Waals surface area contributed by atoms with Gasteiger partial charge < -0.3 is 0 Å². The summed E-state index contributed by atoms with van der Waals surface area (Å²) in [5.41, 5.74) is 0. The van der Waals surface area contributed by atoms with Crippen LogP contribution < -0.4 is 0 Å². The zero-order chi connectivity index (χ0) is 5.70. The molecular weight excluding hydrogens is 303 g/mol. The Hall–Kier alpha value is 1.97. The van der Waals surface area contributed by atoms with Gasteiger partial charge in [0.1, 0.15) is 0 Å². The SMILES string of the molecule is Br[CH2][Al]([CH2]Br)[CH2]Br. The Balaban J connectivity index is 2.99. The van der Waals surface area contributed by atoms with Gasteiger partial charge in [-0.15, -0.1) is 47.8 Å². The molecule has 0 amide bonds. The summed E-state index contributed by atoms with van der Waals surface area (Å²) in [4.78, 5) is 0. The standard InChI is InChI=1S/3CH2Br.Al/c3*1-2;/h3*1H2;. The topological polar surface area (TPSA) is 0 Å². The van der Waals surface area contributed by atoms with Crippen LogP contribution in [0.3, 0.4) is 0 Å². The third-order valence-corrected chi connectivity index (χ3v) is 10.2. The molecule has 0 radical (unpaired) electrons. The molecule has 0 N–H and O–H groups in total. The summed E-state index contributed by atoms with van der Waals surface area (Å²) in [6.45, 7) is 0. The molecule has 0 fully saturated rings. The monoisotopic (exact) mass is 306 g/mol. The van der Waals surface area contributed by atoms with Crippen molar-refractivity contribution in [2.45, 2.75) is 0 Å². The fourth-order valence-corrected chi connectivity index (χ4v) is 10.0. The lowest BCUT2D eigenvalue weighted by molar-refractivity contribution is 1.85. The van der Waals surface area contributed by atoms with Gasteiger partial charge >= 0.3 is 14.1 Å². The number of alkyl halides is 3. The van der Waals surface area contributed by atoms with Crippen LogP contribution in [0, 0.1) is 0 Å². The van der Waals surface area contributed by atoms with Crippen LogP contribution in [-0.2, 0) is 0 Å². The van der Waals surface area contributed by atoms with Crippen molar-refractivity contribution in [3.8, 4) is 0 Å². The van der Waals surface area contributed by atoms with Crippen LogP contribution in [0.25, 0.3) is 0 Å². The van der Waals surface area contributed by atoms with Crippen molar-refractivity contribution >= 4 is 61.9 Å². The highest BCUT2D eigenvalue weighted by Gasteiger charge is 2.09. The molecule has 0 aromatic rings. The minimum Gasteiger partial charge on any atom is -0.109 e. The van der Waals surface area contributed by atoms with Gasteiger partial charge in [0.15, 0.2) is 0 Å². The molecule has 0 saturated carbocycles. The first-order valence-electron chi connectivity index (χ1n) is 2.03. The van der Waals surface area contributed by atoms with Crippen LogP contribution in [0.1, 0.15) is 0 Å². The summed E-state index contributed by atoms with van der Waals surface area (Å²) in [7, 11) is 0. The van der Waals surface area contributed by atoms with E-state index in [2.05, 4.69) is 47.8 Å². The molecule has 0 aromatic heterocycles. The van der Waals surface area contributed by atoms with Gasteiger partial charge in [0.2, 0.25) is 0 Å². The van der Waals surface area contributed by atoms with Crippen LogP contribution in [0.4, 0.5) is 0 Å². The van der Waals surface area contributed by atoms with Gasteiger partial charge in [0.25, 0.3) is 0 Å². The van der Waals surface area contributed by atoms with Gasteiger partial charge in [-0.2, -0.15) is 0 Å². The van der Waals surface area contributed by atoms with Crippen LogP contribution in [0.2, 0.25) is 0 Å². The Bertz CT molecular complexity index is 31.7. The van der Waals surface area contributed by atoms with Crippen LogP contribution >= 0.6 is 47.8 Å². The Morgan fingerprint density at radius 3 is 1.14 bits per heavy atom. The Kier molecular flexibility index (Phi) is 7.82. The molecule has 0 aliphatic carbocycles. The highest BCUT2D eigenvalue weighted by atomic mass is 79.9. The predicted molar refractivity (Wildman–Crippen MR) is 47.1 cm³/mol. The van der Waals surface area contributed by atoms with E-state index in [4.69, 9.17) is 0 Å². The fraction of sp³-hybridized carbons (Fsp3) is 1.00. The van der Waals surface area contributed by atoms with E-state index in [0.29, 0.717) is 0 Å². The molecule has 0 saturated heterocycles. The molecule has 0 aromatic carbocycles. The first-order valence-corrected chi connectivity index (χ1v) is 7.84. The third-order valence-electron chi connectivity index (χ3n) is 0.655. The molecular formula is C3H6AlBr3. The first-order chi connectivity index (χ1) is 3.35. The molecule has 42 valence electrons. The third kappa shape index (κ3) is 4.47. The molecule has 0 nitrogen and oxygen atoms in total. The highest BCUT2D eigenvalue weighted by molar-refractivity contribution is 9.11. The quantitative estimate of drug-likeness (QED) is 0.554. The Morgan fingerprint density at radius 1 is 0.857 bits per heavy atom. The largest absolute Gasteiger partial charge is 0.301 e. The van der Waals surface area contributed by atoms with Crippen molar-refractivity contribution < 1.29 is 0 Å². The zero-order valence-electron chi connectivity index (χ0n) is 3.83. The lowest BCUT2D eigenvalue weighted by Gasteiger charge is -1.93. The second-order valence-corrected chi connectivity index (χ2v) is 9.81. The van der Waals surface area contributed by atoms with E-state index in [0.717, 1.165) is 0 Å². The van der Waals surface area contributed by atoms with Crippen LogP contribution in [-0.4, -0.2) is 26.7 Å². The number of hydrogen-bond donors (Lipinski definition) is 0. The molecule has 0 rings (SSSR count). The van der Waals surface area contributed by atoms with Crippen molar-refractivity contribution in [1.82, 2.24) is 0 Å². The minimum atomic E-state index is -0.421. The number of hydrogen-bond acceptors (Lipinski definition) is 0. The van der Waals surface area contributed by atoms with Crippen LogP contribution in [0.15, 0.2) is 0 Å². The highest BCUT2D eigenvalue weighted by Crippen LogP contribution is 1.97. The van der Waals surface area contributed by atoms with Crippen LogP contribution in [0.5, 0.6) is 0 Å². The lowest BCUT2D eigenvalue weighted by Crippen LogP contribution is -2.19. The number of halogens is 3. The summed E-state index contributed by atoms with van der Waals surface area (Å²) < 4.78 is 3.64. The predicted octanol–water partition coefficient (Wildman–Crippen LogP) is 2.28. The molecule has 0 aliphatic heterocycles. The maximum absolute atomic E-state index is 3.44. The summed E-state index contributed by atoms with van der Waals surface area (Å²) in [5, 5.41) is 0. The summed E-state index contributed by atoms with van der Waals surface area (Å²) in [6.07, 6.45) is 0. The Morgan fingerprint density at radius 2 is 1.14 bits per heavy atom. The van der Waals surface area contributed by atoms with Crippen molar-refractivity contribution in [1.29, 1.82) is 0 Å².